The van der Waals surface area contributed by atoms with Gasteiger partial charge in [-0.2, -0.15) is 0 Å². The van der Waals surface area contributed by atoms with Crippen molar-refractivity contribution < 1.29 is 4.74 Å². The van der Waals surface area contributed by atoms with Crippen LogP contribution in [0, 0.1) is 5.92 Å². The molecular weight excluding hydrogens is 210 g/mol. The second-order valence-corrected chi connectivity index (χ2v) is 5.43. The van der Waals surface area contributed by atoms with Crippen molar-refractivity contribution in [2.24, 2.45) is 5.92 Å². The lowest BCUT2D eigenvalue weighted by atomic mass is 10.1. The van der Waals surface area contributed by atoms with Crippen LogP contribution in [-0.2, 0) is 17.9 Å². The predicted octanol–water partition coefficient (Wildman–Crippen LogP) is 2.87. The molecule has 0 radical (unpaired) electrons. The average molecular weight is 231 g/mol. The maximum atomic E-state index is 5.68. The van der Waals surface area contributed by atoms with Crippen molar-refractivity contribution >= 4 is 0 Å². The number of hydrogen-bond donors (Lipinski definition) is 1. The van der Waals surface area contributed by atoms with Gasteiger partial charge in [-0.05, 0) is 42.7 Å². The summed E-state index contributed by atoms with van der Waals surface area (Å²) in [5, 5.41) is 3.53. The molecule has 17 heavy (non-hydrogen) atoms. The Hall–Kier alpha value is -0.860. The fraction of sp³-hybridized carbons (Fsp3) is 0.600. The molecule has 0 aromatic heterocycles. The first-order valence-corrected chi connectivity index (χ1v) is 6.79. The molecule has 1 aromatic carbocycles. The Morgan fingerprint density at radius 2 is 1.71 bits per heavy atom. The molecule has 0 aliphatic heterocycles. The van der Waals surface area contributed by atoms with Gasteiger partial charge >= 0.3 is 0 Å². The highest BCUT2D eigenvalue weighted by Gasteiger charge is 2.21. The molecule has 1 aromatic rings. The van der Waals surface area contributed by atoms with Gasteiger partial charge in [0.2, 0.25) is 0 Å². The van der Waals surface area contributed by atoms with Crippen LogP contribution in [0.3, 0.4) is 0 Å². The summed E-state index contributed by atoms with van der Waals surface area (Å²) in [4.78, 5) is 0. The van der Waals surface area contributed by atoms with Crippen LogP contribution in [0.4, 0.5) is 0 Å². The molecule has 0 unspecified atom stereocenters. The molecular formula is C15H21NO. The largest absolute Gasteiger partial charge is 0.376 e. The molecule has 2 heteroatoms. The maximum Gasteiger partial charge on any atom is 0.0717 e. The second-order valence-electron chi connectivity index (χ2n) is 5.43. The molecule has 0 spiro atoms. The zero-order valence-electron chi connectivity index (χ0n) is 10.3. The Balaban J connectivity index is 1.41. The summed E-state index contributed by atoms with van der Waals surface area (Å²) in [5.74, 6) is 0.858. The smallest absolute Gasteiger partial charge is 0.0717 e. The summed E-state index contributed by atoms with van der Waals surface area (Å²) in [7, 11) is 0. The van der Waals surface area contributed by atoms with E-state index in [9.17, 15) is 0 Å². The predicted molar refractivity (Wildman–Crippen MR) is 68.7 cm³/mol. The lowest BCUT2D eigenvalue weighted by molar-refractivity contribution is 0.111. The van der Waals surface area contributed by atoms with Crippen molar-refractivity contribution in [1.29, 1.82) is 0 Å². The summed E-state index contributed by atoms with van der Waals surface area (Å²) in [6.45, 7) is 2.73. The summed E-state index contributed by atoms with van der Waals surface area (Å²) >= 11 is 0. The number of benzene rings is 1. The highest BCUT2D eigenvalue weighted by molar-refractivity contribution is 5.22. The van der Waals surface area contributed by atoms with E-state index in [1.165, 1.54) is 36.8 Å². The van der Waals surface area contributed by atoms with E-state index in [0.29, 0.717) is 0 Å². The first-order chi connectivity index (χ1) is 8.40. The summed E-state index contributed by atoms with van der Waals surface area (Å²) < 4.78 is 5.68. The zero-order valence-corrected chi connectivity index (χ0v) is 10.3. The Bertz CT molecular complexity index is 352. The molecule has 2 fully saturated rings. The van der Waals surface area contributed by atoms with Crippen molar-refractivity contribution in [2.75, 3.05) is 6.61 Å². The molecule has 0 amide bonds. The van der Waals surface area contributed by atoms with Crippen LogP contribution in [0.5, 0.6) is 0 Å². The number of rotatable bonds is 7. The van der Waals surface area contributed by atoms with Crippen molar-refractivity contribution in [3.05, 3.63) is 35.4 Å². The van der Waals surface area contributed by atoms with Crippen LogP contribution in [0.15, 0.2) is 24.3 Å². The highest BCUT2D eigenvalue weighted by Crippen LogP contribution is 2.29. The van der Waals surface area contributed by atoms with E-state index in [2.05, 4.69) is 29.6 Å². The third kappa shape index (κ3) is 3.83. The van der Waals surface area contributed by atoms with Gasteiger partial charge in [-0.1, -0.05) is 24.3 Å². The fourth-order valence-corrected chi connectivity index (χ4v) is 1.93. The molecule has 3 rings (SSSR count). The van der Waals surface area contributed by atoms with Gasteiger partial charge in [0.25, 0.3) is 0 Å². The number of nitrogens with one attached hydrogen (secondary N) is 1. The summed E-state index contributed by atoms with van der Waals surface area (Å²) in [5.41, 5.74) is 2.67. The van der Waals surface area contributed by atoms with E-state index in [0.717, 1.165) is 31.7 Å². The first kappa shape index (κ1) is 11.2. The van der Waals surface area contributed by atoms with Crippen LogP contribution in [0.25, 0.3) is 0 Å². The van der Waals surface area contributed by atoms with Crippen molar-refractivity contribution in [3.8, 4) is 0 Å². The zero-order chi connectivity index (χ0) is 11.5. The van der Waals surface area contributed by atoms with Crippen molar-refractivity contribution in [2.45, 2.75) is 44.9 Å². The van der Waals surface area contributed by atoms with Gasteiger partial charge in [0.15, 0.2) is 0 Å². The first-order valence-electron chi connectivity index (χ1n) is 6.79. The standard InChI is InChI=1S/C15H21NO/c1-3-13(10-17-11-14-5-6-14)4-2-12(1)9-16-15-7-8-15/h1-4,14-16H,5-11H2. The minimum absolute atomic E-state index is 0.771. The van der Waals surface area contributed by atoms with E-state index in [-0.39, 0.29) is 0 Å². The highest BCUT2D eigenvalue weighted by atomic mass is 16.5. The third-order valence-corrected chi connectivity index (χ3v) is 3.51. The molecule has 1 N–H and O–H groups in total. The summed E-state index contributed by atoms with van der Waals surface area (Å²) in [6.07, 6.45) is 5.44. The van der Waals surface area contributed by atoms with Gasteiger partial charge in [0.05, 0.1) is 6.61 Å². The number of ether oxygens (including phenoxy) is 1. The molecule has 0 saturated heterocycles. The van der Waals surface area contributed by atoms with Crippen LogP contribution in [0.2, 0.25) is 0 Å². The lowest BCUT2D eigenvalue weighted by Gasteiger charge is -2.06. The van der Waals surface area contributed by atoms with E-state index in [4.69, 9.17) is 4.74 Å². The minimum Gasteiger partial charge on any atom is -0.376 e. The second kappa shape index (κ2) is 5.19. The minimum atomic E-state index is 0.771. The number of hydrogen-bond acceptors (Lipinski definition) is 2. The van der Waals surface area contributed by atoms with Crippen LogP contribution in [-0.4, -0.2) is 12.6 Å². The van der Waals surface area contributed by atoms with Gasteiger partial charge < -0.3 is 10.1 Å². The molecule has 0 bridgehead atoms. The molecule has 2 saturated carbocycles. The molecule has 92 valence electrons. The van der Waals surface area contributed by atoms with E-state index in [1.54, 1.807) is 0 Å². The maximum absolute atomic E-state index is 5.68. The van der Waals surface area contributed by atoms with Crippen molar-refractivity contribution in [3.63, 3.8) is 0 Å². The molecule has 2 nitrogen and oxygen atoms in total. The van der Waals surface area contributed by atoms with Crippen LogP contribution in [0.1, 0.15) is 36.8 Å². The Morgan fingerprint density at radius 1 is 1.00 bits per heavy atom. The SMILES string of the molecule is c1cc(COCC2CC2)ccc1CNC1CC1. The third-order valence-electron chi connectivity index (χ3n) is 3.51. The van der Waals surface area contributed by atoms with E-state index >= 15 is 0 Å². The average Bonchev–Trinajstić information content (AvgIpc) is 3.23. The molecule has 0 atom stereocenters. The fourth-order valence-electron chi connectivity index (χ4n) is 1.93. The summed E-state index contributed by atoms with van der Waals surface area (Å²) in [6, 6.07) is 9.60. The van der Waals surface area contributed by atoms with Gasteiger partial charge in [-0.3, -0.25) is 0 Å². The van der Waals surface area contributed by atoms with E-state index in [1.807, 2.05) is 0 Å². The van der Waals surface area contributed by atoms with E-state index < -0.39 is 0 Å². The van der Waals surface area contributed by atoms with Crippen LogP contribution < -0.4 is 5.32 Å². The topological polar surface area (TPSA) is 21.3 Å². The van der Waals surface area contributed by atoms with Gasteiger partial charge in [-0.15, -0.1) is 0 Å². The lowest BCUT2D eigenvalue weighted by Crippen LogP contribution is -2.15. The van der Waals surface area contributed by atoms with Gasteiger partial charge in [-0.25, -0.2) is 0 Å². The van der Waals surface area contributed by atoms with Crippen LogP contribution >= 0.6 is 0 Å². The normalized spacial score (nSPS) is 19.5. The molecule has 0 heterocycles. The molecule has 2 aliphatic carbocycles. The Kier molecular flexibility index (Phi) is 3.44. The Morgan fingerprint density at radius 3 is 2.35 bits per heavy atom. The molecule has 2 aliphatic rings. The monoisotopic (exact) mass is 231 g/mol. The van der Waals surface area contributed by atoms with Gasteiger partial charge in [0.1, 0.15) is 0 Å². The Labute approximate surface area is 103 Å². The van der Waals surface area contributed by atoms with Gasteiger partial charge in [0, 0.05) is 19.2 Å². The van der Waals surface area contributed by atoms with Crippen molar-refractivity contribution in [1.82, 2.24) is 5.32 Å². The quantitative estimate of drug-likeness (QED) is 0.779.